The molecule has 2 aromatic carbocycles. The summed E-state index contributed by atoms with van der Waals surface area (Å²) < 4.78 is 14.5. The van der Waals surface area contributed by atoms with Gasteiger partial charge in [-0.3, -0.25) is 4.79 Å². The number of allylic oxidation sites excluding steroid dienone is 1. The number of benzene rings is 2. The predicted octanol–water partition coefficient (Wildman–Crippen LogP) is 4.98. The van der Waals surface area contributed by atoms with Crippen LogP contribution >= 0.6 is 11.6 Å². The number of nitrogens with one attached hydrogen (secondary N) is 3. The van der Waals surface area contributed by atoms with E-state index in [1.807, 2.05) is 0 Å². The van der Waals surface area contributed by atoms with E-state index in [4.69, 9.17) is 17.0 Å². The van der Waals surface area contributed by atoms with Crippen molar-refractivity contribution in [2.75, 3.05) is 5.32 Å². The van der Waals surface area contributed by atoms with Crippen LogP contribution in [0.5, 0.6) is 0 Å². The number of rotatable bonds is 8. The first-order valence-electron chi connectivity index (χ1n) is 10.5. The van der Waals surface area contributed by atoms with Crippen molar-refractivity contribution in [3.63, 3.8) is 0 Å². The second-order valence-corrected chi connectivity index (χ2v) is 8.65. The molecular formula is C24H23ClFN3O3. The summed E-state index contributed by atoms with van der Waals surface area (Å²) in [6.45, 7) is 0. The molecular weight excluding hydrogens is 433 g/mol. The fourth-order valence-electron chi connectivity index (χ4n) is 3.90. The predicted molar refractivity (Wildman–Crippen MR) is 122 cm³/mol. The number of carboxylic acid groups (broad SMARTS) is 1. The Morgan fingerprint density at radius 2 is 1.94 bits per heavy atom. The van der Waals surface area contributed by atoms with Crippen LogP contribution < -0.4 is 10.6 Å². The summed E-state index contributed by atoms with van der Waals surface area (Å²) in [7, 11) is 0. The lowest BCUT2D eigenvalue weighted by Gasteiger charge is -2.26. The van der Waals surface area contributed by atoms with Crippen molar-refractivity contribution in [1.82, 2.24) is 5.32 Å². The summed E-state index contributed by atoms with van der Waals surface area (Å²) in [6, 6.07) is 9.45. The van der Waals surface area contributed by atoms with Crippen molar-refractivity contribution in [3.05, 3.63) is 70.1 Å². The third-order valence-electron chi connectivity index (χ3n) is 6.21. The highest BCUT2D eigenvalue weighted by molar-refractivity contribution is 6.30. The van der Waals surface area contributed by atoms with E-state index >= 15 is 0 Å². The molecule has 2 aliphatic rings. The molecule has 0 atom stereocenters. The molecule has 8 heteroatoms. The fraction of sp³-hybridized carbons (Fsp3) is 0.292. The van der Waals surface area contributed by atoms with Gasteiger partial charge >= 0.3 is 5.97 Å². The van der Waals surface area contributed by atoms with Gasteiger partial charge in [0.15, 0.2) is 0 Å². The minimum atomic E-state index is -1.17. The average molecular weight is 456 g/mol. The van der Waals surface area contributed by atoms with Crippen LogP contribution in [0.3, 0.4) is 0 Å². The number of carbonyl (C=O) groups is 2. The van der Waals surface area contributed by atoms with Crippen LogP contribution in [-0.4, -0.2) is 29.2 Å². The van der Waals surface area contributed by atoms with Crippen molar-refractivity contribution in [1.29, 1.82) is 5.41 Å². The summed E-state index contributed by atoms with van der Waals surface area (Å²) >= 11 is 5.89. The molecule has 2 aliphatic carbocycles. The topological polar surface area (TPSA) is 102 Å². The molecule has 32 heavy (non-hydrogen) atoms. The Kier molecular flexibility index (Phi) is 6.02. The molecule has 0 heterocycles. The number of hydrogen-bond acceptors (Lipinski definition) is 4. The van der Waals surface area contributed by atoms with Crippen LogP contribution in [-0.2, 0) is 10.2 Å². The van der Waals surface area contributed by atoms with Gasteiger partial charge in [-0.05, 0) is 55.9 Å². The van der Waals surface area contributed by atoms with Crippen LogP contribution in [0.2, 0.25) is 5.02 Å². The Hall–Kier alpha value is -3.19. The Morgan fingerprint density at radius 1 is 1.19 bits per heavy atom. The van der Waals surface area contributed by atoms with Crippen LogP contribution in [0.1, 0.15) is 53.6 Å². The molecule has 0 spiro atoms. The van der Waals surface area contributed by atoms with Gasteiger partial charge < -0.3 is 21.1 Å². The Morgan fingerprint density at radius 3 is 2.53 bits per heavy atom. The van der Waals surface area contributed by atoms with Crippen molar-refractivity contribution >= 4 is 41.0 Å². The highest BCUT2D eigenvalue weighted by atomic mass is 35.5. The first-order chi connectivity index (χ1) is 15.4. The molecule has 1 amide bonds. The SMILES string of the molecule is N=C/C(=C\NC1CCC1)c1ccc(NC(=O)C2(c3cccc(Cl)c3F)CC2)cc1C(=O)O. The lowest BCUT2D eigenvalue weighted by Crippen LogP contribution is -2.31. The summed E-state index contributed by atoms with van der Waals surface area (Å²) in [5.41, 5.74) is 0.303. The number of carbonyl (C=O) groups excluding carboxylic acids is 1. The number of aromatic carboxylic acids is 1. The van der Waals surface area contributed by atoms with Crippen molar-refractivity contribution in [3.8, 4) is 0 Å². The average Bonchev–Trinajstić information content (AvgIpc) is 3.54. The van der Waals surface area contributed by atoms with E-state index in [2.05, 4.69) is 10.6 Å². The third kappa shape index (κ3) is 4.12. The quantitative estimate of drug-likeness (QED) is 0.421. The summed E-state index contributed by atoms with van der Waals surface area (Å²) in [6.07, 6.45) is 6.98. The molecule has 0 aromatic heterocycles. The zero-order valence-corrected chi connectivity index (χ0v) is 18.0. The van der Waals surface area contributed by atoms with Crippen molar-refractivity contribution < 1.29 is 19.1 Å². The van der Waals surface area contributed by atoms with Gasteiger partial charge in [-0.15, -0.1) is 0 Å². The second-order valence-electron chi connectivity index (χ2n) is 8.24. The Balaban J connectivity index is 1.59. The molecule has 6 nitrogen and oxygen atoms in total. The molecule has 0 bridgehead atoms. The van der Waals surface area contributed by atoms with E-state index < -0.39 is 23.1 Å². The van der Waals surface area contributed by atoms with Crippen LogP contribution in [0.25, 0.3) is 5.57 Å². The van der Waals surface area contributed by atoms with E-state index in [-0.39, 0.29) is 16.1 Å². The summed E-state index contributed by atoms with van der Waals surface area (Å²) in [4.78, 5) is 24.9. The van der Waals surface area contributed by atoms with Gasteiger partial charge in [-0.25, -0.2) is 9.18 Å². The number of carboxylic acids is 1. The van der Waals surface area contributed by atoms with E-state index in [1.54, 1.807) is 30.5 Å². The number of amides is 1. The molecule has 2 aromatic rings. The molecule has 2 fully saturated rings. The van der Waals surface area contributed by atoms with Crippen molar-refractivity contribution in [2.24, 2.45) is 0 Å². The van der Waals surface area contributed by atoms with Gasteiger partial charge in [-0.1, -0.05) is 29.8 Å². The van der Waals surface area contributed by atoms with E-state index in [0.29, 0.717) is 35.7 Å². The minimum Gasteiger partial charge on any atom is -0.478 e. The third-order valence-corrected chi connectivity index (χ3v) is 6.50. The molecule has 0 radical (unpaired) electrons. The first kappa shape index (κ1) is 22.0. The minimum absolute atomic E-state index is 0.0354. The van der Waals surface area contributed by atoms with Crippen LogP contribution in [0.4, 0.5) is 10.1 Å². The van der Waals surface area contributed by atoms with Gasteiger partial charge in [0.25, 0.3) is 0 Å². The van der Waals surface area contributed by atoms with Gasteiger partial charge in [0.1, 0.15) is 5.82 Å². The number of anilines is 1. The van der Waals surface area contributed by atoms with E-state index in [9.17, 15) is 19.1 Å². The standard InChI is InChI=1S/C24H23ClFN3O3/c25-20-6-2-5-19(21(20)26)24(9-10-24)23(32)29-16-7-8-17(18(11-16)22(30)31)14(12-27)13-28-15-3-1-4-15/h2,5-8,11-13,15,27-28H,1,3-4,9-10H2,(H,29,32)(H,30,31)/b14-13+,27-12?. The molecule has 0 saturated heterocycles. The largest absolute Gasteiger partial charge is 0.478 e. The number of halogens is 2. The smallest absolute Gasteiger partial charge is 0.336 e. The van der Waals surface area contributed by atoms with Gasteiger partial charge in [0, 0.05) is 35.3 Å². The van der Waals surface area contributed by atoms with Gasteiger partial charge in [-0.2, -0.15) is 0 Å². The van der Waals surface area contributed by atoms with Crippen LogP contribution in [0, 0.1) is 11.2 Å². The Labute approximate surface area is 190 Å². The maximum absolute atomic E-state index is 14.5. The fourth-order valence-corrected chi connectivity index (χ4v) is 4.07. The summed E-state index contributed by atoms with van der Waals surface area (Å²) in [5, 5.41) is 23.3. The van der Waals surface area contributed by atoms with E-state index in [0.717, 1.165) is 25.5 Å². The second kappa shape index (κ2) is 8.74. The first-order valence-corrected chi connectivity index (χ1v) is 10.8. The molecule has 4 rings (SSSR count). The van der Waals surface area contributed by atoms with Gasteiger partial charge in [0.05, 0.1) is 16.0 Å². The molecule has 4 N–H and O–H groups in total. The highest BCUT2D eigenvalue weighted by Crippen LogP contribution is 2.50. The maximum atomic E-state index is 14.5. The van der Waals surface area contributed by atoms with Crippen molar-refractivity contribution in [2.45, 2.75) is 43.6 Å². The normalized spacial score (nSPS) is 17.2. The molecule has 166 valence electrons. The lowest BCUT2D eigenvalue weighted by molar-refractivity contribution is -0.118. The summed E-state index contributed by atoms with van der Waals surface area (Å²) in [5.74, 6) is -2.19. The highest BCUT2D eigenvalue weighted by Gasteiger charge is 2.53. The monoisotopic (exact) mass is 455 g/mol. The zero-order chi connectivity index (χ0) is 22.9. The maximum Gasteiger partial charge on any atom is 0.336 e. The molecule has 0 unspecified atom stereocenters. The van der Waals surface area contributed by atoms with Gasteiger partial charge in [0.2, 0.25) is 5.91 Å². The zero-order valence-electron chi connectivity index (χ0n) is 17.3. The molecule has 0 aliphatic heterocycles. The number of hydrogen-bond donors (Lipinski definition) is 4. The Bertz CT molecular complexity index is 1120. The van der Waals surface area contributed by atoms with Crippen LogP contribution in [0.15, 0.2) is 42.6 Å². The van der Waals surface area contributed by atoms with E-state index in [1.165, 1.54) is 12.1 Å². The lowest BCUT2D eigenvalue weighted by atomic mass is 9.93. The molecule has 2 saturated carbocycles.